The molecule has 5 nitrogen and oxygen atoms in total. The van der Waals surface area contributed by atoms with Crippen LogP contribution >= 0.6 is 0 Å². The second kappa shape index (κ2) is 7.85. The molecule has 0 spiro atoms. The van der Waals surface area contributed by atoms with E-state index in [9.17, 15) is 9.59 Å². The van der Waals surface area contributed by atoms with Crippen LogP contribution in [0.4, 0.5) is 0 Å². The topological polar surface area (TPSA) is 49.9 Å². The Kier molecular flexibility index (Phi) is 5.06. The van der Waals surface area contributed by atoms with Gasteiger partial charge in [0.2, 0.25) is 5.91 Å². The molecule has 4 aliphatic rings. The number of hydrogen-bond acceptors (Lipinski definition) is 3. The molecule has 0 unspecified atom stereocenters. The molecule has 2 bridgehead atoms. The van der Waals surface area contributed by atoms with Crippen LogP contribution in [0.3, 0.4) is 0 Å². The number of para-hydroxylation sites is 1. The summed E-state index contributed by atoms with van der Waals surface area (Å²) < 4.78 is 5.65. The molecule has 5 atom stereocenters. The molecule has 2 aliphatic heterocycles. The minimum Gasteiger partial charge on any atom is -0.484 e. The van der Waals surface area contributed by atoms with Crippen LogP contribution in [-0.4, -0.2) is 53.9 Å². The summed E-state index contributed by atoms with van der Waals surface area (Å²) in [5.41, 5.74) is 0. The highest BCUT2D eigenvalue weighted by atomic mass is 16.5. The number of amides is 2. The summed E-state index contributed by atoms with van der Waals surface area (Å²) >= 11 is 0. The van der Waals surface area contributed by atoms with Gasteiger partial charge in [-0.25, -0.2) is 0 Å². The van der Waals surface area contributed by atoms with Gasteiger partial charge in [-0.3, -0.25) is 9.59 Å². The molecule has 0 aromatic heterocycles. The van der Waals surface area contributed by atoms with Crippen LogP contribution in [0.15, 0.2) is 42.5 Å². The standard InChI is InChI=1S/C24H30N2O3/c27-23(16-29-20-6-2-1-3-7-20)25-12-10-22-19(15-25)5-4-11-26(22)24(28)21-14-17-8-9-18(21)13-17/h1-3,6-9,17-19,21-22H,4-5,10-16H2/t17-,18+,19-,21-,22+/m1/s1. The van der Waals surface area contributed by atoms with Gasteiger partial charge in [0, 0.05) is 31.6 Å². The summed E-state index contributed by atoms with van der Waals surface area (Å²) in [5.74, 6) is 2.84. The Labute approximate surface area is 172 Å². The van der Waals surface area contributed by atoms with Crippen molar-refractivity contribution in [1.82, 2.24) is 9.80 Å². The van der Waals surface area contributed by atoms with Gasteiger partial charge in [0.15, 0.2) is 6.61 Å². The van der Waals surface area contributed by atoms with E-state index in [0.717, 1.165) is 51.1 Å². The number of ether oxygens (including phenoxy) is 1. The average molecular weight is 395 g/mol. The Balaban J connectivity index is 1.18. The fourth-order valence-electron chi connectivity index (χ4n) is 5.93. The number of nitrogens with zero attached hydrogens (tertiary/aromatic N) is 2. The highest BCUT2D eigenvalue weighted by Crippen LogP contribution is 2.45. The van der Waals surface area contributed by atoms with Gasteiger partial charge in [-0.2, -0.15) is 0 Å². The van der Waals surface area contributed by atoms with Crippen LogP contribution in [0, 0.1) is 23.7 Å². The number of benzene rings is 1. The van der Waals surface area contributed by atoms with Crippen LogP contribution in [-0.2, 0) is 9.59 Å². The zero-order valence-electron chi connectivity index (χ0n) is 16.9. The first kappa shape index (κ1) is 18.7. The van der Waals surface area contributed by atoms with E-state index in [1.807, 2.05) is 35.2 Å². The number of allylic oxidation sites excluding steroid dienone is 2. The molecule has 1 saturated carbocycles. The quantitative estimate of drug-likeness (QED) is 0.738. The molecule has 0 radical (unpaired) electrons. The molecule has 154 valence electrons. The minimum absolute atomic E-state index is 0.0500. The Hall–Kier alpha value is -2.30. The normalized spacial score (nSPS) is 32.9. The van der Waals surface area contributed by atoms with Gasteiger partial charge in [-0.05, 0) is 62.0 Å². The fourth-order valence-corrected chi connectivity index (χ4v) is 5.93. The lowest BCUT2D eigenvalue weighted by molar-refractivity contribution is -0.146. The van der Waals surface area contributed by atoms with Crippen LogP contribution in [0.2, 0.25) is 0 Å². The Morgan fingerprint density at radius 1 is 1.03 bits per heavy atom. The summed E-state index contributed by atoms with van der Waals surface area (Å²) in [6, 6.07) is 9.79. The number of carbonyl (C=O) groups excluding carboxylic acids is 2. The third-order valence-corrected chi connectivity index (χ3v) is 7.41. The molecule has 2 amide bonds. The van der Waals surface area contributed by atoms with Crippen molar-refractivity contribution in [3.05, 3.63) is 42.5 Å². The van der Waals surface area contributed by atoms with Crippen molar-refractivity contribution < 1.29 is 14.3 Å². The van der Waals surface area contributed by atoms with Crippen molar-refractivity contribution in [2.24, 2.45) is 23.7 Å². The van der Waals surface area contributed by atoms with Crippen molar-refractivity contribution in [3.63, 3.8) is 0 Å². The molecule has 0 N–H and O–H groups in total. The molecule has 1 aromatic rings. The maximum Gasteiger partial charge on any atom is 0.260 e. The molecule has 3 fully saturated rings. The van der Waals surface area contributed by atoms with E-state index in [-0.39, 0.29) is 18.4 Å². The lowest BCUT2D eigenvalue weighted by Gasteiger charge is -2.48. The Morgan fingerprint density at radius 2 is 1.90 bits per heavy atom. The molecule has 1 aromatic carbocycles. The summed E-state index contributed by atoms with van der Waals surface area (Å²) in [5, 5.41) is 0. The van der Waals surface area contributed by atoms with Gasteiger partial charge in [-0.1, -0.05) is 30.4 Å². The van der Waals surface area contributed by atoms with Crippen LogP contribution in [0.5, 0.6) is 5.75 Å². The summed E-state index contributed by atoms with van der Waals surface area (Å²) in [7, 11) is 0. The first-order valence-corrected chi connectivity index (χ1v) is 11.1. The summed E-state index contributed by atoms with van der Waals surface area (Å²) in [4.78, 5) is 30.1. The van der Waals surface area contributed by atoms with Gasteiger partial charge in [0.1, 0.15) is 5.75 Å². The minimum atomic E-state index is 0.0500. The molecular formula is C24H30N2O3. The molecule has 5 heteroatoms. The van der Waals surface area contributed by atoms with E-state index >= 15 is 0 Å². The van der Waals surface area contributed by atoms with Gasteiger partial charge in [0.05, 0.1) is 0 Å². The van der Waals surface area contributed by atoms with Gasteiger partial charge < -0.3 is 14.5 Å². The van der Waals surface area contributed by atoms with E-state index in [4.69, 9.17) is 4.74 Å². The maximum absolute atomic E-state index is 13.3. The molecule has 5 rings (SSSR count). The molecule has 2 aliphatic carbocycles. The molecule has 29 heavy (non-hydrogen) atoms. The Morgan fingerprint density at radius 3 is 2.66 bits per heavy atom. The monoisotopic (exact) mass is 394 g/mol. The average Bonchev–Trinajstić information content (AvgIpc) is 3.41. The van der Waals surface area contributed by atoms with Crippen molar-refractivity contribution in [1.29, 1.82) is 0 Å². The van der Waals surface area contributed by atoms with Crippen molar-refractivity contribution in [2.45, 2.75) is 38.1 Å². The number of rotatable bonds is 4. The zero-order chi connectivity index (χ0) is 19.8. The first-order chi connectivity index (χ1) is 14.2. The van der Waals surface area contributed by atoms with E-state index in [1.54, 1.807) is 0 Å². The predicted octanol–water partition coefficient (Wildman–Crippen LogP) is 3.12. The highest BCUT2D eigenvalue weighted by molar-refractivity contribution is 5.81. The number of hydrogen-bond donors (Lipinski definition) is 0. The smallest absolute Gasteiger partial charge is 0.260 e. The van der Waals surface area contributed by atoms with Gasteiger partial charge in [-0.15, -0.1) is 0 Å². The highest BCUT2D eigenvalue weighted by Gasteiger charge is 2.45. The van der Waals surface area contributed by atoms with Crippen LogP contribution in [0.25, 0.3) is 0 Å². The number of carbonyl (C=O) groups is 2. The molecular weight excluding hydrogens is 364 g/mol. The first-order valence-electron chi connectivity index (χ1n) is 11.1. The van der Waals surface area contributed by atoms with E-state index in [0.29, 0.717) is 29.7 Å². The van der Waals surface area contributed by atoms with Crippen LogP contribution < -0.4 is 4.74 Å². The SMILES string of the molecule is O=C(COc1ccccc1)N1CC[C@H]2[C@H](CCCN2C(=O)[C@@H]2C[C@@H]3C=C[C@H]2C3)C1. The second-order valence-corrected chi connectivity index (χ2v) is 9.12. The predicted molar refractivity (Wildman–Crippen MR) is 110 cm³/mol. The molecule has 2 saturated heterocycles. The van der Waals surface area contributed by atoms with Crippen molar-refractivity contribution in [2.75, 3.05) is 26.2 Å². The lowest BCUT2D eigenvalue weighted by atomic mass is 9.82. The Bertz CT molecular complexity index is 793. The zero-order valence-corrected chi connectivity index (χ0v) is 16.9. The third-order valence-electron chi connectivity index (χ3n) is 7.41. The number of fused-ring (bicyclic) bond motifs is 3. The van der Waals surface area contributed by atoms with E-state index in [1.165, 1.54) is 6.42 Å². The fraction of sp³-hybridized carbons (Fsp3) is 0.583. The number of piperidine rings is 2. The van der Waals surface area contributed by atoms with Gasteiger partial charge in [0.25, 0.3) is 5.91 Å². The van der Waals surface area contributed by atoms with Crippen LogP contribution in [0.1, 0.15) is 32.1 Å². The second-order valence-electron chi connectivity index (χ2n) is 9.12. The van der Waals surface area contributed by atoms with E-state index < -0.39 is 0 Å². The maximum atomic E-state index is 13.3. The number of likely N-dealkylation sites (tertiary alicyclic amines) is 2. The van der Waals surface area contributed by atoms with E-state index in [2.05, 4.69) is 17.1 Å². The molecule has 2 heterocycles. The largest absolute Gasteiger partial charge is 0.484 e. The lowest BCUT2D eigenvalue weighted by Crippen LogP contribution is -2.58. The summed E-state index contributed by atoms with van der Waals surface area (Å²) in [6.45, 7) is 2.45. The van der Waals surface area contributed by atoms with Crippen molar-refractivity contribution >= 4 is 11.8 Å². The third kappa shape index (κ3) is 3.67. The van der Waals surface area contributed by atoms with Crippen molar-refractivity contribution in [3.8, 4) is 5.75 Å². The summed E-state index contributed by atoms with van der Waals surface area (Å²) in [6.07, 6.45) is 9.82. The van der Waals surface area contributed by atoms with Gasteiger partial charge >= 0.3 is 0 Å².